The van der Waals surface area contributed by atoms with Gasteiger partial charge >= 0.3 is 12.1 Å². The molecule has 8 heteroatoms. The van der Waals surface area contributed by atoms with Gasteiger partial charge in [0.25, 0.3) is 5.76 Å². The summed E-state index contributed by atoms with van der Waals surface area (Å²) in [5.41, 5.74) is -0.151. The quantitative estimate of drug-likeness (QED) is 0.0469. The fourth-order valence-corrected chi connectivity index (χ4v) is 4.36. The van der Waals surface area contributed by atoms with Gasteiger partial charge in [-0.2, -0.15) is 13.2 Å². The predicted molar refractivity (Wildman–Crippen MR) is 149 cm³/mol. The van der Waals surface area contributed by atoms with E-state index in [2.05, 4.69) is 14.0 Å². The number of ether oxygens (including phenoxy) is 2. The second kappa shape index (κ2) is 21.6. The van der Waals surface area contributed by atoms with Crippen molar-refractivity contribution in [2.45, 2.75) is 122 Å². The Kier molecular flexibility index (Phi) is 19.3. The van der Waals surface area contributed by atoms with Crippen molar-refractivity contribution in [2.24, 2.45) is 0 Å². The molecule has 0 aliphatic rings. The molecule has 0 heterocycles. The Labute approximate surface area is 233 Å². The molecule has 1 rings (SSSR count). The molecule has 0 aliphatic heterocycles. The molecular weight excluding hydrogens is 507 g/mol. The molecule has 3 N–H and O–H groups in total. The molecule has 39 heavy (non-hydrogen) atoms. The number of esters is 1. The van der Waals surface area contributed by atoms with E-state index in [9.17, 15) is 18.0 Å². The number of alkyl halides is 3. The molecule has 0 amide bonds. The smallest absolute Gasteiger partial charge is 0.455 e. The summed E-state index contributed by atoms with van der Waals surface area (Å²) in [5.74, 6) is -2.52. The Morgan fingerprint density at radius 2 is 1.26 bits per heavy atom. The van der Waals surface area contributed by atoms with Crippen LogP contribution in [-0.4, -0.2) is 30.5 Å². The lowest BCUT2D eigenvalue weighted by molar-refractivity contribution is -0.541. The summed E-state index contributed by atoms with van der Waals surface area (Å²) in [5, 5.41) is 9.78. The highest BCUT2D eigenvalue weighted by Gasteiger charge is 2.40. The van der Waals surface area contributed by atoms with Crippen molar-refractivity contribution in [2.75, 3.05) is 13.2 Å². The Bertz CT molecular complexity index is 794. The molecule has 1 aromatic carbocycles. The van der Waals surface area contributed by atoms with Crippen LogP contribution in [0.1, 0.15) is 115 Å². The van der Waals surface area contributed by atoms with Crippen LogP contribution in [0.2, 0.25) is 0 Å². The van der Waals surface area contributed by atoms with Crippen molar-refractivity contribution in [3.63, 3.8) is 0 Å². The Balaban J connectivity index is 2.04. The minimum absolute atomic E-state index is 0.124. The summed E-state index contributed by atoms with van der Waals surface area (Å²) >= 11 is 0. The molecule has 0 atom stereocenters. The number of unbranched alkanes of at least 4 members (excludes halogenated alkanes) is 15. The van der Waals surface area contributed by atoms with Gasteiger partial charge in [-0.05, 0) is 24.1 Å². The molecule has 0 spiro atoms. The lowest BCUT2D eigenvalue weighted by atomic mass is 10.0. The normalized spacial score (nSPS) is 12.3. The highest BCUT2D eigenvalue weighted by Crippen LogP contribution is 2.24. The van der Waals surface area contributed by atoms with Crippen molar-refractivity contribution < 1.29 is 37.9 Å². The lowest BCUT2D eigenvalue weighted by Crippen LogP contribution is -2.77. The summed E-state index contributed by atoms with van der Waals surface area (Å²) in [7, 11) is 3.13. The number of allylic oxidation sites excluding steroid dienone is 1. The highest BCUT2D eigenvalue weighted by atomic mass is 19.4. The summed E-state index contributed by atoms with van der Waals surface area (Å²) in [6.45, 7) is 2.80. The summed E-state index contributed by atoms with van der Waals surface area (Å²) in [4.78, 5) is 11.8. The number of benzene rings is 1. The van der Waals surface area contributed by atoms with Gasteiger partial charge in [0.2, 0.25) is 5.70 Å². The number of quaternary nitrogens is 1. The first-order valence-electron chi connectivity index (χ1n) is 14.8. The van der Waals surface area contributed by atoms with Crippen molar-refractivity contribution in [1.29, 1.82) is 0 Å². The van der Waals surface area contributed by atoms with Crippen molar-refractivity contribution >= 4 is 5.97 Å². The Morgan fingerprint density at radius 1 is 0.795 bits per heavy atom. The number of hydrogen-bond donors (Lipinski definition) is 2. The number of halogens is 3. The molecule has 0 aliphatic carbocycles. The Hall–Kier alpha value is -2.22. The first kappa shape index (κ1) is 34.8. The summed E-state index contributed by atoms with van der Waals surface area (Å²) in [6.07, 6.45) is 16.6. The molecule has 0 radical (unpaired) electrons. The van der Waals surface area contributed by atoms with E-state index in [1.807, 2.05) is 24.3 Å². The average Bonchev–Trinajstić information content (AvgIpc) is 2.91. The predicted octanol–water partition coefficient (Wildman–Crippen LogP) is 8.10. The number of carbonyl (C=O) groups is 1. The number of aliphatic hydroxyl groups is 1. The van der Waals surface area contributed by atoms with E-state index in [0.717, 1.165) is 24.2 Å². The molecule has 0 saturated carbocycles. The second-order valence-corrected chi connectivity index (χ2v) is 10.1. The van der Waals surface area contributed by atoms with Crippen LogP contribution in [0.15, 0.2) is 35.7 Å². The lowest BCUT2D eigenvalue weighted by Gasteiger charge is -2.11. The molecule has 0 bridgehead atoms. The summed E-state index contributed by atoms with van der Waals surface area (Å²) in [6, 6.07) is 7.31. The number of aliphatic hydroxyl groups excluding tert-OH is 1. The minimum atomic E-state index is -5.04. The van der Waals surface area contributed by atoms with Crippen molar-refractivity contribution in [3.8, 4) is 5.75 Å². The largest absolute Gasteiger partial charge is 0.500 e. The van der Waals surface area contributed by atoms with E-state index in [1.165, 1.54) is 89.9 Å². The zero-order chi connectivity index (χ0) is 28.8. The zero-order valence-corrected chi connectivity index (χ0v) is 23.8. The molecule has 0 unspecified atom stereocenters. The number of carbonyl (C=O) groups excluding carboxylic acids is 1. The van der Waals surface area contributed by atoms with Gasteiger partial charge in [0.1, 0.15) is 5.75 Å². The molecule has 0 fully saturated rings. The van der Waals surface area contributed by atoms with Gasteiger partial charge in [-0.1, -0.05) is 115 Å². The third kappa shape index (κ3) is 17.2. The van der Waals surface area contributed by atoms with Crippen LogP contribution in [0.5, 0.6) is 5.75 Å². The summed E-state index contributed by atoms with van der Waals surface area (Å²) < 4.78 is 48.4. The second-order valence-electron chi connectivity index (χ2n) is 10.1. The van der Waals surface area contributed by atoms with Crippen LogP contribution in [-0.2, 0) is 16.0 Å². The van der Waals surface area contributed by atoms with Gasteiger partial charge in [0.15, 0.2) is 0 Å². The fraction of sp³-hybridized carbons (Fsp3) is 0.677. The van der Waals surface area contributed by atoms with Gasteiger partial charge in [-0.25, -0.2) is 4.79 Å². The molecule has 1 aromatic rings. The van der Waals surface area contributed by atoms with Gasteiger partial charge in [-0.3, -0.25) is 0 Å². The van der Waals surface area contributed by atoms with E-state index in [0.29, 0.717) is 18.3 Å². The zero-order valence-electron chi connectivity index (χ0n) is 23.8. The maximum Gasteiger partial charge on any atom is 0.455 e. The van der Waals surface area contributed by atoms with Crippen LogP contribution in [0.4, 0.5) is 13.2 Å². The third-order valence-corrected chi connectivity index (χ3v) is 6.76. The van der Waals surface area contributed by atoms with Gasteiger partial charge < -0.3 is 19.9 Å². The maximum atomic E-state index is 12.6. The molecular formula is C31H50F3NO4. The van der Waals surface area contributed by atoms with Crippen LogP contribution in [0.3, 0.4) is 0 Å². The molecule has 0 saturated heterocycles. The van der Waals surface area contributed by atoms with Gasteiger partial charge in [-0.15, -0.1) is 7.05 Å². The number of hydrogen-bond acceptors (Lipinski definition) is 4. The first-order valence-corrected chi connectivity index (χ1v) is 14.8. The number of rotatable bonds is 23. The van der Waals surface area contributed by atoms with E-state index in [-0.39, 0.29) is 6.61 Å². The monoisotopic (exact) mass is 557 g/mol. The fourth-order valence-electron chi connectivity index (χ4n) is 4.36. The van der Waals surface area contributed by atoms with Crippen molar-refractivity contribution in [1.82, 2.24) is 0 Å². The maximum absolute atomic E-state index is 12.6. The van der Waals surface area contributed by atoms with Crippen LogP contribution < -0.4 is 10.1 Å². The molecule has 224 valence electrons. The van der Waals surface area contributed by atoms with E-state index < -0.39 is 23.6 Å². The first-order chi connectivity index (χ1) is 18.8. The highest BCUT2D eigenvalue weighted by molar-refractivity contribution is 5.86. The van der Waals surface area contributed by atoms with Crippen LogP contribution >= 0.6 is 0 Å². The number of nitrogens with two attached hydrogens (primary N) is 1. The third-order valence-electron chi connectivity index (χ3n) is 6.76. The molecule has 5 nitrogen and oxygen atoms in total. The average molecular weight is 558 g/mol. The minimum Gasteiger partial charge on any atom is -0.500 e. The van der Waals surface area contributed by atoms with E-state index in [4.69, 9.17) is 14.6 Å². The van der Waals surface area contributed by atoms with Gasteiger partial charge in [0, 0.05) is 6.42 Å². The van der Waals surface area contributed by atoms with Gasteiger partial charge in [0.05, 0.1) is 13.2 Å². The van der Waals surface area contributed by atoms with E-state index in [1.54, 1.807) is 0 Å². The van der Waals surface area contributed by atoms with E-state index >= 15 is 0 Å². The SMILES string of the molecule is [CH2-][NH2+]/C(C(=O)OCCc1ccc(OCCCCCCCCCCCCCCCCCC)cc1)=C(/O)C(F)(F)F. The van der Waals surface area contributed by atoms with Crippen molar-refractivity contribution in [3.05, 3.63) is 48.3 Å². The molecule has 0 aromatic heterocycles. The Morgan fingerprint density at radius 3 is 1.69 bits per heavy atom. The topological polar surface area (TPSA) is 72.4 Å². The van der Waals surface area contributed by atoms with Crippen LogP contribution in [0.25, 0.3) is 0 Å². The standard InChI is InChI=1S/C31H50F3NO4/c1-3-4-5-6-7-8-9-10-11-12-13-14-15-16-17-18-24-38-27-21-19-26(20-22-27)23-25-39-30(37)28(35-2)29(36)31(32,33)34/h19-22,36H,2-18,23-25,35H2,1H3/b29-28+. The van der Waals surface area contributed by atoms with Crippen LogP contribution in [0, 0.1) is 7.05 Å².